The van der Waals surface area contributed by atoms with Crippen LogP contribution < -0.4 is 10.2 Å². The zero-order chi connectivity index (χ0) is 27.6. The zero-order valence-corrected chi connectivity index (χ0v) is 24.4. The third-order valence-corrected chi connectivity index (χ3v) is 8.92. The number of carbonyl (C=O) groups excluding carboxylic acids is 1. The fourth-order valence-electron chi connectivity index (χ4n) is 6.08. The maximum Gasteiger partial charge on any atom is 0.251 e. The molecule has 0 radical (unpaired) electrons. The number of aromatic amines is 1. The van der Waals surface area contributed by atoms with Crippen molar-refractivity contribution in [3.63, 3.8) is 0 Å². The minimum absolute atomic E-state index is 0.0943. The van der Waals surface area contributed by atoms with Gasteiger partial charge in [-0.25, -0.2) is 9.97 Å². The molecule has 2 saturated heterocycles. The Kier molecular flexibility index (Phi) is 8.47. The fourth-order valence-corrected chi connectivity index (χ4v) is 6.54. The van der Waals surface area contributed by atoms with Crippen molar-refractivity contribution >= 4 is 34.9 Å². The first-order valence-corrected chi connectivity index (χ1v) is 14.5. The molecule has 5 rings (SSSR count). The van der Waals surface area contributed by atoms with Gasteiger partial charge < -0.3 is 15.2 Å². The molecule has 10 heteroatoms. The Hall–Kier alpha value is -2.65. The third-order valence-electron chi connectivity index (χ3n) is 8.41. The van der Waals surface area contributed by atoms with E-state index >= 15 is 0 Å². The molecular formula is C29H37Cl2N7O. The van der Waals surface area contributed by atoms with Crippen molar-refractivity contribution in [2.45, 2.75) is 51.2 Å². The molecule has 1 amide bonds. The summed E-state index contributed by atoms with van der Waals surface area (Å²) in [5.41, 5.74) is 2.70. The van der Waals surface area contributed by atoms with E-state index in [1.807, 2.05) is 24.4 Å². The number of aromatic nitrogens is 3. The van der Waals surface area contributed by atoms with Crippen molar-refractivity contribution in [2.24, 2.45) is 0 Å². The van der Waals surface area contributed by atoms with Crippen LogP contribution in [0.15, 0.2) is 42.9 Å². The summed E-state index contributed by atoms with van der Waals surface area (Å²) in [5.74, 6) is 1.52. The summed E-state index contributed by atoms with van der Waals surface area (Å²) >= 11 is 12.9. The van der Waals surface area contributed by atoms with Gasteiger partial charge in [-0.3, -0.25) is 14.6 Å². The lowest BCUT2D eigenvalue weighted by Crippen LogP contribution is -2.63. The lowest BCUT2D eigenvalue weighted by Gasteiger charge is -2.53. The van der Waals surface area contributed by atoms with Crippen LogP contribution in [0.4, 0.5) is 5.82 Å². The zero-order valence-electron chi connectivity index (χ0n) is 22.9. The number of nitrogens with zero attached hydrogens (tertiary/aromatic N) is 5. The summed E-state index contributed by atoms with van der Waals surface area (Å²) < 4.78 is 0. The molecule has 3 aromatic rings. The number of anilines is 1. The molecule has 1 aromatic carbocycles. The van der Waals surface area contributed by atoms with Gasteiger partial charge in [0.15, 0.2) is 0 Å². The van der Waals surface area contributed by atoms with Crippen molar-refractivity contribution < 1.29 is 4.79 Å². The number of halogens is 2. The SMILES string of the molecule is CCC1CN(c2ncc(-c3ncc[nH]3)cc2Cl)CCN1C1(C)CCN(Cc2ccc(Cl)cc2C(=O)NC)CC1. The van der Waals surface area contributed by atoms with Crippen molar-refractivity contribution in [2.75, 3.05) is 44.7 Å². The van der Waals surface area contributed by atoms with Gasteiger partial charge in [0.2, 0.25) is 0 Å². The van der Waals surface area contributed by atoms with Crippen LogP contribution in [0.1, 0.15) is 49.0 Å². The van der Waals surface area contributed by atoms with Crippen LogP contribution in [0.5, 0.6) is 0 Å². The normalized spacial score (nSPS) is 20.2. The Morgan fingerprint density at radius 2 is 1.95 bits per heavy atom. The average molecular weight is 571 g/mol. The molecule has 4 heterocycles. The Morgan fingerprint density at radius 1 is 1.15 bits per heavy atom. The van der Waals surface area contributed by atoms with Crippen LogP contribution in [0, 0.1) is 0 Å². The highest BCUT2D eigenvalue weighted by Crippen LogP contribution is 2.36. The summed E-state index contributed by atoms with van der Waals surface area (Å²) in [6.07, 6.45) is 8.62. The van der Waals surface area contributed by atoms with E-state index in [1.54, 1.807) is 25.5 Å². The van der Waals surface area contributed by atoms with Gasteiger partial charge in [-0.05, 0) is 49.9 Å². The summed E-state index contributed by atoms with van der Waals surface area (Å²) in [7, 11) is 1.66. The van der Waals surface area contributed by atoms with Gasteiger partial charge in [0, 0.05) is 92.6 Å². The van der Waals surface area contributed by atoms with E-state index in [0.29, 0.717) is 21.7 Å². The van der Waals surface area contributed by atoms with Crippen LogP contribution in [0.2, 0.25) is 10.0 Å². The van der Waals surface area contributed by atoms with Crippen LogP contribution in [0.3, 0.4) is 0 Å². The molecule has 0 bridgehead atoms. The molecule has 8 nitrogen and oxygen atoms in total. The van der Waals surface area contributed by atoms with Gasteiger partial charge in [-0.15, -0.1) is 0 Å². The van der Waals surface area contributed by atoms with Crippen molar-refractivity contribution in [1.82, 2.24) is 30.1 Å². The molecule has 0 saturated carbocycles. The van der Waals surface area contributed by atoms with Gasteiger partial charge in [-0.2, -0.15) is 0 Å². The molecule has 2 aliphatic heterocycles. The average Bonchev–Trinajstić information content (AvgIpc) is 3.50. The Balaban J connectivity index is 1.23. The van der Waals surface area contributed by atoms with Crippen LogP contribution >= 0.6 is 23.2 Å². The number of likely N-dealkylation sites (tertiary alicyclic amines) is 1. The molecule has 2 aromatic heterocycles. The molecule has 39 heavy (non-hydrogen) atoms. The van der Waals surface area contributed by atoms with Crippen molar-refractivity contribution in [3.8, 4) is 11.4 Å². The maximum atomic E-state index is 12.4. The smallest absolute Gasteiger partial charge is 0.251 e. The number of carbonyl (C=O) groups is 1. The molecule has 2 fully saturated rings. The number of amides is 1. The topological polar surface area (TPSA) is 80.4 Å². The van der Waals surface area contributed by atoms with E-state index in [4.69, 9.17) is 28.2 Å². The fraction of sp³-hybridized carbons (Fsp3) is 0.483. The molecule has 2 N–H and O–H groups in total. The number of benzene rings is 1. The Morgan fingerprint density at radius 3 is 2.62 bits per heavy atom. The number of nitrogens with one attached hydrogen (secondary N) is 2. The Bertz CT molecular complexity index is 1290. The van der Waals surface area contributed by atoms with Crippen molar-refractivity contribution in [1.29, 1.82) is 0 Å². The highest BCUT2D eigenvalue weighted by atomic mass is 35.5. The van der Waals surface area contributed by atoms with E-state index < -0.39 is 0 Å². The molecule has 1 unspecified atom stereocenters. The predicted octanol–water partition coefficient (Wildman–Crippen LogP) is 5.09. The summed E-state index contributed by atoms with van der Waals surface area (Å²) in [6, 6.07) is 7.99. The van der Waals surface area contributed by atoms with E-state index in [0.717, 1.165) is 81.3 Å². The number of piperazine rings is 1. The van der Waals surface area contributed by atoms with Crippen LogP contribution in [0.25, 0.3) is 11.4 Å². The van der Waals surface area contributed by atoms with Gasteiger partial charge in [0.05, 0.1) is 5.02 Å². The number of hydrogen-bond donors (Lipinski definition) is 2. The highest BCUT2D eigenvalue weighted by molar-refractivity contribution is 6.33. The Labute approximate surface area is 240 Å². The first kappa shape index (κ1) is 27.9. The minimum Gasteiger partial charge on any atom is -0.355 e. The van der Waals surface area contributed by atoms with Crippen LogP contribution in [-0.4, -0.2) is 82.0 Å². The summed E-state index contributed by atoms with van der Waals surface area (Å²) in [5, 5.41) is 3.98. The highest BCUT2D eigenvalue weighted by Gasteiger charge is 2.41. The summed E-state index contributed by atoms with van der Waals surface area (Å²) in [4.78, 5) is 32.1. The third kappa shape index (κ3) is 5.94. The first-order chi connectivity index (χ1) is 18.8. The number of pyridine rings is 1. The van der Waals surface area contributed by atoms with Gasteiger partial charge in [0.1, 0.15) is 11.6 Å². The van der Waals surface area contributed by atoms with E-state index in [1.165, 1.54) is 0 Å². The number of H-pyrrole nitrogens is 1. The second-order valence-electron chi connectivity index (χ2n) is 10.8. The lowest BCUT2D eigenvalue weighted by atomic mass is 9.85. The number of rotatable bonds is 7. The summed E-state index contributed by atoms with van der Waals surface area (Å²) in [6.45, 7) is 10.2. The molecule has 1 atom stereocenters. The largest absolute Gasteiger partial charge is 0.355 e. The second-order valence-corrected chi connectivity index (χ2v) is 11.7. The lowest BCUT2D eigenvalue weighted by molar-refractivity contribution is -0.00588. The van der Waals surface area contributed by atoms with Gasteiger partial charge in [-0.1, -0.05) is 36.2 Å². The molecular weight excluding hydrogens is 533 g/mol. The number of piperidine rings is 1. The molecule has 0 spiro atoms. The predicted molar refractivity (Wildman–Crippen MR) is 158 cm³/mol. The van der Waals surface area contributed by atoms with E-state index in [-0.39, 0.29) is 11.4 Å². The quantitative estimate of drug-likeness (QED) is 0.412. The van der Waals surface area contributed by atoms with Gasteiger partial charge >= 0.3 is 0 Å². The molecule has 0 aliphatic carbocycles. The van der Waals surface area contributed by atoms with Crippen molar-refractivity contribution in [3.05, 3.63) is 64.0 Å². The second kappa shape index (κ2) is 11.8. The monoisotopic (exact) mass is 569 g/mol. The first-order valence-electron chi connectivity index (χ1n) is 13.7. The number of imidazole rings is 1. The standard InChI is InChI=1S/C29H37Cl2N7O/c1-4-23-19-37(27-25(31)15-21(17-35-27)26-33-9-10-34-26)13-14-38(23)29(2)7-11-36(12-8-29)18-20-5-6-22(30)16-24(20)28(39)32-3/h5-6,9-10,15-17,23H,4,7-8,11-14,18-19H2,1-3H3,(H,32,39)(H,33,34). The molecule has 208 valence electrons. The van der Waals surface area contributed by atoms with E-state index in [9.17, 15) is 4.79 Å². The minimum atomic E-state index is -0.0943. The van der Waals surface area contributed by atoms with Crippen LogP contribution in [-0.2, 0) is 6.54 Å². The molecule has 2 aliphatic rings. The maximum absolute atomic E-state index is 12.4. The van der Waals surface area contributed by atoms with E-state index in [2.05, 4.69) is 43.8 Å². The van der Waals surface area contributed by atoms with Gasteiger partial charge in [0.25, 0.3) is 5.91 Å². The number of hydrogen-bond acceptors (Lipinski definition) is 6.